The van der Waals surface area contributed by atoms with Gasteiger partial charge in [-0.05, 0) is 76.9 Å². The third-order valence-corrected chi connectivity index (χ3v) is 5.32. The number of hydrogen-bond acceptors (Lipinski definition) is 3. The van der Waals surface area contributed by atoms with E-state index < -0.39 is 5.97 Å². The van der Waals surface area contributed by atoms with Gasteiger partial charge in [0.2, 0.25) is 0 Å². The van der Waals surface area contributed by atoms with Crippen molar-refractivity contribution in [3.63, 3.8) is 0 Å². The summed E-state index contributed by atoms with van der Waals surface area (Å²) in [4.78, 5) is 10.9. The van der Waals surface area contributed by atoms with Crippen molar-refractivity contribution < 1.29 is 20.1 Å². The molecule has 0 fully saturated rings. The largest absolute Gasteiger partial charge is 0.508 e. The molecule has 0 bridgehead atoms. The van der Waals surface area contributed by atoms with Crippen LogP contribution in [0.2, 0.25) is 0 Å². The molecule has 0 unspecified atom stereocenters. The lowest BCUT2D eigenvalue weighted by Gasteiger charge is -2.18. The lowest BCUT2D eigenvalue weighted by atomic mass is 9.86. The molecule has 4 heteroatoms. The number of carboxylic acid groups (broad SMARTS) is 1. The number of aliphatic carboxylic acids is 1. The Hall–Kier alpha value is -3.53. The Bertz CT molecular complexity index is 983. The Morgan fingerprint density at radius 1 is 0.710 bits per heavy atom. The second-order valence-corrected chi connectivity index (χ2v) is 7.64. The number of carbonyl (C=O) groups is 1. The third kappa shape index (κ3) is 5.98. The maximum absolute atomic E-state index is 10.9. The summed E-state index contributed by atoms with van der Waals surface area (Å²) in [5, 5.41) is 28.5. The molecule has 0 spiro atoms. The van der Waals surface area contributed by atoms with Gasteiger partial charge < -0.3 is 15.3 Å². The van der Waals surface area contributed by atoms with Crippen LogP contribution in [0.4, 0.5) is 0 Å². The SMILES string of the molecule is CCCCC(=C(c1ccc(O)cc1)c1ccc(O)cc1)c1ccc(CCC(=O)O)cc1. The second kappa shape index (κ2) is 10.5. The van der Waals surface area contributed by atoms with Crippen molar-refractivity contribution in [3.05, 3.63) is 95.1 Å². The van der Waals surface area contributed by atoms with E-state index in [1.54, 1.807) is 24.3 Å². The van der Waals surface area contributed by atoms with Crippen molar-refractivity contribution in [1.82, 2.24) is 0 Å². The van der Waals surface area contributed by atoms with E-state index in [0.29, 0.717) is 6.42 Å². The Labute approximate surface area is 183 Å². The van der Waals surface area contributed by atoms with Crippen LogP contribution in [-0.4, -0.2) is 21.3 Å². The number of aromatic hydroxyl groups is 2. The minimum Gasteiger partial charge on any atom is -0.508 e. The zero-order valence-electron chi connectivity index (χ0n) is 17.7. The number of unbranched alkanes of at least 4 members (excludes halogenated alkanes) is 1. The summed E-state index contributed by atoms with van der Waals surface area (Å²) in [6, 6.07) is 22.5. The van der Waals surface area contributed by atoms with Crippen molar-refractivity contribution in [2.75, 3.05) is 0 Å². The van der Waals surface area contributed by atoms with E-state index in [4.69, 9.17) is 5.11 Å². The quantitative estimate of drug-likeness (QED) is 0.360. The number of hydrogen-bond donors (Lipinski definition) is 3. The van der Waals surface area contributed by atoms with Crippen LogP contribution in [0.3, 0.4) is 0 Å². The highest BCUT2D eigenvalue weighted by Gasteiger charge is 2.15. The predicted molar refractivity (Wildman–Crippen MR) is 124 cm³/mol. The molecule has 3 rings (SSSR count). The molecule has 0 saturated carbocycles. The number of aryl methyl sites for hydroxylation is 1. The van der Waals surface area contributed by atoms with Gasteiger partial charge in [-0.25, -0.2) is 0 Å². The highest BCUT2D eigenvalue weighted by atomic mass is 16.4. The van der Waals surface area contributed by atoms with Crippen LogP contribution in [0.1, 0.15) is 54.9 Å². The lowest BCUT2D eigenvalue weighted by Crippen LogP contribution is -1.99. The molecule has 3 aromatic rings. The first-order valence-electron chi connectivity index (χ1n) is 10.6. The third-order valence-electron chi connectivity index (χ3n) is 5.32. The maximum Gasteiger partial charge on any atom is 0.303 e. The predicted octanol–water partition coefficient (Wildman–Crippen LogP) is 6.26. The minimum absolute atomic E-state index is 0.115. The number of allylic oxidation sites excluding steroid dienone is 1. The van der Waals surface area contributed by atoms with Crippen molar-refractivity contribution in [1.29, 1.82) is 0 Å². The van der Waals surface area contributed by atoms with E-state index >= 15 is 0 Å². The summed E-state index contributed by atoms with van der Waals surface area (Å²) in [6.07, 6.45) is 3.58. The van der Waals surface area contributed by atoms with E-state index in [9.17, 15) is 15.0 Å². The van der Waals surface area contributed by atoms with Gasteiger partial charge in [0.15, 0.2) is 0 Å². The second-order valence-electron chi connectivity index (χ2n) is 7.64. The average molecular weight is 417 g/mol. The highest BCUT2D eigenvalue weighted by Crippen LogP contribution is 2.36. The fourth-order valence-electron chi connectivity index (χ4n) is 3.66. The molecule has 0 aliphatic heterocycles. The van der Waals surface area contributed by atoms with Crippen LogP contribution in [0.25, 0.3) is 11.1 Å². The molecule has 0 heterocycles. The number of benzene rings is 3. The van der Waals surface area contributed by atoms with Gasteiger partial charge >= 0.3 is 5.97 Å². The molecule has 0 atom stereocenters. The molecule has 0 aliphatic rings. The molecule has 3 aromatic carbocycles. The van der Waals surface area contributed by atoms with Crippen molar-refractivity contribution in [2.45, 2.75) is 39.0 Å². The molecular formula is C27H28O4. The van der Waals surface area contributed by atoms with Gasteiger partial charge in [-0.1, -0.05) is 61.9 Å². The maximum atomic E-state index is 10.9. The first kappa shape index (κ1) is 22.2. The molecule has 0 aromatic heterocycles. The van der Waals surface area contributed by atoms with E-state index in [1.165, 1.54) is 5.57 Å². The first-order valence-corrected chi connectivity index (χ1v) is 10.6. The fraction of sp³-hybridized carbons (Fsp3) is 0.222. The number of phenols is 2. The molecule has 0 amide bonds. The van der Waals surface area contributed by atoms with Gasteiger partial charge in [0.05, 0.1) is 0 Å². The van der Waals surface area contributed by atoms with Gasteiger partial charge in [-0.2, -0.15) is 0 Å². The Kier molecular flexibility index (Phi) is 7.50. The van der Waals surface area contributed by atoms with Crippen molar-refractivity contribution in [3.8, 4) is 11.5 Å². The van der Waals surface area contributed by atoms with Gasteiger partial charge in [0, 0.05) is 6.42 Å². The molecule has 4 nitrogen and oxygen atoms in total. The van der Waals surface area contributed by atoms with Gasteiger partial charge in [0.1, 0.15) is 11.5 Å². The zero-order chi connectivity index (χ0) is 22.2. The topological polar surface area (TPSA) is 77.8 Å². The van der Waals surface area contributed by atoms with E-state index in [0.717, 1.165) is 47.1 Å². The van der Waals surface area contributed by atoms with Crippen molar-refractivity contribution >= 4 is 17.1 Å². The zero-order valence-corrected chi connectivity index (χ0v) is 17.7. The van der Waals surface area contributed by atoms with Crippen LogP contribution < -0.4 is 0 Å². The van der Waals surface area contributed by atoms with Crippen LogP contribution in [-0.2, 0) is 11.2 Å². The number of rotatable bonds is 9. The molecule has 160 valence electrons. The normalized spacial score (nSPS) is 10.6. The summed E-state index contributed by atoms with van der Waals surface area (Å²) in [5.41, 5.74) is 6.31. The van der Waals surface area contributed by atoms with Crippen LogP contribution in [0, 0.1) is 0 Å². The molecular weight excluding hydrogens is 388 g/mol. The first-order chi connectivity index (χ1) is 15.0. The summed E-state index contributed by atoms with van der Waals surface area (Å²) < 4.78 is 0. The monoisotopic (exact) mass is 416 g/mol. The van der Waals surface area contributed by atoms with E-state index in [-0.39, 0.29) is 17.9 Å². The molecule has 0 aliphatic carbocycles. The molecule has 3 N–H and O–H groups in total. The summed E-state index contributed by atoms with van der Waals surface area (Å²) in [5.74, 6) is -0.368. The standard InChI is InChI=1S/C27H28O4/c1-2-3-4-25(20-8-5-19(6-9-20)7-18-26(30)31)27(21-10-14-23(28)15-11-21)22-12-16-24(29)17-13-22/h5-6,8-17,28-29H,2-4,7,18H2,1H3,(H,30,31). The van der Waals surface area contributed by atoms with Gasteiger partial charge in [0.25, 0.3) is 0 Å². The van der Waals surface area contributed by atoms with Crippen LogP contribution in [0.5, 0.6) is 11.5 Å². The highest BCUT2D eigenvalue weighted by molar-refractivity contribution is 5.98. The fourth-order valence-corrected chi connectivity index (χ4v) is 3.66. The van der Waals surface area contributed by atoms with Crippen LogP contribution in [0.15, 0.2) is 72.8 Å². The van der Waals surface area contributed by atoms with E-state index in [2.05, 4.69) is 19.1 Å². The van der Waals surface area contributed by atoms with Gasteiger partial charge in [-0.15, -0.1) is 0 Å². The average Bonchev–Trinajstić information content (AvgIpc) is 2.77. The van der Waals surface area contributed by atoms with Crippen LogP contribution >= 0.6 is 0 Å². The van der Waals surface area contributed by atoms with E-state index in [1.807, 2.05) is 36.4 Å². The molecule has 31 heavy (non-hydrogen) atoms. The molecule has 0 radical (unpaired) electrons. The summed E-state index contributed by atoms with van der Waals surface area (Å²) >= 11 is 0. The Balaban J connectivity index is 2.13. The minimum atomic E-state index is -0.797. The number of phenolic OH excluding ortho intramolecular Hbond substituents is 2. The smallest absolute Gasteiger partial charge is 0.303 e. The van der Waals surface area contributed by atoms with Gasteiger partial charge in [-0.3, -0.25) is 4.79 Å². The lowest BCUT2D eigenvalue weighted by molar-refractivity contribution is -0.136. The summed E-state index contributed by atoms with van der Waals surface area (Å²) in [7, 11) is 0. The molecule has 0 saturated heterocycles. The van der Waals surface area contributed by atoms with Crippen molar-refractivity contribution in [2.24, 2.45) is 0 Å². The number of carboxylic acids is 1. The Morgan fingerprint density at radius 2 is 1.19 bits per heavy atom. The summed E-state index contributed by atoms with van der Waals surface area (Å²) in [6.45, 7) is 2.16. The Morgan fingerprint density at radius 3 is 1.65 bits per heavy atom.